The fraction of sp³-hybridized carbons (Fsp3) is 1.00. The Morgan fingerprint density at radius 1 is 0.462 bits per heavy atom. The van der Waals surface area contributed by atoms with Gasteiger partial charge in [-0.2, -0.15) is 0 Å². The van der Waals surface area contributed by atoms with E-state index in [1.807, 2.05) is 0 Å². The van der Waals surface area contributed by atoms with E-state index in [-0.39, 0.29) is 0 Å². The Bertz CT molecular complexity index is 168. The van der Waals surface area contributed by atoms with Crippen molar-refractivity contribution in [2.75, 3.05) is 0 Å². The predicted molar refractivity (Wildman–Crippen MR) is 55.5 cm³/mol. The third kappa shape index (κ3) is 1.43. The standard InChI is InChI=1S/C13H22/c1-2-5-10(4-1)12-8-13(9-12)11-6-3-7-11/h10-13H,1-9H2. The fourth-order valence-corrected chi connectivity index (χ4v) is 3.82. The Hall–Kier alpha value is 0. The van der Waals surface area contributed by atoms with Crippen LogP contribution in [0.5, 0.6) is 0 Å². The lowest BCUT2D eigenvalue weighted by Gasteiger charge is -2.46. The molecule has 3 saturated carbocycles. The second-order valence-electron chi connectivity index (χ2n) is 5.73. The van der Waals surface area contributed by atoms with Crippen molar-refractivity contribution in [2.24, 2.45) is 23.7 Å². The summed E-state index contributed by atoms with van der Waals surface area (Å²) in [5.74, 6) is 4.70. The van der Waals surface area contributed by atoms with Crippen molar-refractivity contribution in [3.8, 4) is 0 Å². The minimum absolute atomic E-state index is 1.16. The summed E-state index contributed by atoms with van der Waals surface area (Å²) in [6.45, 7) is 0. The highest BCUT2D eigenvalue weighted by Crippen LogP contribution is 2.51. The Morgan fingerprint density at radius 2 is 0.923 bits per heavy atom. The quantitative estimate of drug-likeness (QED) is 0.599. The Balaban J connectivity index is 1.45. The van der Waals surface area contributed by atoms with Crippen molar-refractivity contribution in [1.82, 2.24) is 0 Å². The van der Waals surface area contributed by atoms with Crippen LogP contribution in [-0.4, -0.2) is 0 Å². The molecule has 13 heavy (non-hydrogen) atoms. The number of hydrogen-bond donors (Lipinski definition) is 0. The summed E-state index contributed by atoms with van der Waals surface area (Å²) in [5, 5.41) is 0. The third-order valence-electron chi connectivity index (χ3n) is 5.09. The van der Waals surface area contributed by atoms with E-state index in [1.54, 1.807) is 38.5 Å². The molecule has 0 aromatic heterocycles. The number of rotatable bonds is 2. The van der Waals surface area contributed by atoms with Crippen LogP contribution in [-0.2, 0) is 0 Å². The third-order valence-corrected chi connectivity index (χ3v) is 5.09. The minimum Gasteiger partial charge on any atom is -0.0530 e. The molecular formula is C13H22. The van der Waals surface area contributed by atoms with Crippen molar-refractivity contribution < 1.29 is 0 Å². The molecule has 0 aromatic rings. The Morgan fingerprint density at radius 3 is 1.31 bits per heavy atom. The van der Waals surface area contributed by atoms with Crippen molar-refractivity contribution >= 4 is 0 Å². The first-order valence-corrected chi connectivity index (χ1v) is 6.43. The second-order valence-corrected chi connectivity index (χ2v) is 5.73. The molecule has 3 aliphatic rings. The van der Waals surface area contributed by atoms with E-state index in [0.717, 1.165) is 5.92 Å². The summed E-state index contributed by atoms with van der Waals surface area (Å²) < 4.78 is 0. The zero-order chi connectivity index (χ0) is 8.67. The minimum atomic E-state index is 1.16. The van der Waals surface area contributed by atoms with Crippen LogP contribution >= 0.6 is 0 Å². The molecule has 0 nitrogen and oxygen atoms in total. The van der Waals surface area contributed by atoms with Gasteiger partial charge in [-0.25, -0.2) is 0 Å². The molecule has 0 saturated heterocycles. The van der Waals surface area contributed by atoms with E-state index in [9.17, 15) is 0 Å². The van der Waals surface area contributed by atoms with Crippen LogP contribution in [0.3, 0.4) is 0 Å². The van der Waals surface area contributed by atoms with Crippen LogP contribution in [0.15, 0.2) is 0 Å². The lowest BCUT2D eigenvalue weighted by molar-refractivity contribution is 0.0422. The molecule has 3 rings (SSSR count). The van der Waals surface area contributed by atoms with Gasteiger partial charge in [-0.15, -0.1) is 0 Å². The first-order valence-electron chi connectivity index (χ1n) is 6.43. The van der Waals surface area contributed by atoms with E-state index < -0.39 is 0 Å². The average molecular weight is 178 g/mol. The highest BCUT2D eigenvalue weighted by molar-refractivity contribution is 4.91. The topological polar surface area (TPSA) is 0 Å². The highest BCUT2D eigenvalue weighted by atomic mass is 14.5. The van der Waals surface area contributed by atoms with E-state index in [2.05, 4.69) is 0 Å². The molecule has 0 aliphatic heterocycles. The van der Waals surface area contributed by atoms with Crippen molar-refractivity contribution in [2.45, 2.75) is 57.8 Å². The maximum Gasteiger partial charge on any atom is -0.0380 e. The zero-order valence-electron chi connectivity index (χ0n) is 8.67. The van der Waals surface area contributed by atoms with Gasteiger partial charge in [0.15, 0.2) is 0 Å². The van der Waals surface area contributed by atoms with Crippen molar-refractivity contribution in [1.29, 1.82) is 0 Å². The van der Waals surface area contributed by atoms with Crippen LogP contribution in [0.2, 0.25) is 0 Å². The average Bonchev–Trinajstić information content (AvgIpc) is 2.42. The normalized spacial score (nSPS) is 41.5. The Labute approximate surface area is 82.1 Å². The summed E-state index contributed by atoms with van der Waals surface area (Å²) in [7, 11) is 0. The summed E-state index contributed by atoms with van der Waals surface area (Å²) in [5.41, 5.74) is 0. The second kappa shape index (κ2) is 3.29. The first-order chi connectivity index (χ1) is 6.43. The molecule has 0 atom stereocenters. The largest absolute Gasteiger partial charge is 0.0530 e. The number of hydrogen-bond acceptors (Lipinski definition) is 0. The summed E-state index contributed by atoms with van der Waals surface area (Å²) in [6.07, 6.45) is 14.1. The first kappa shape index (κ1) is 8.32. The zero-order valence-corrected chi connectivity index (χ0v) is 8.67. The molecule has 3 aliphatic carbocycles. The van der Waals surface area contributed by atoms with Gasteiger partial charge in [0.2, 0.25) is 0 Å². The summed E-state index contributed by atoms with van der Waals surface area (Å²) in [6, 6.07) is 0. The van der Waals surface area contributed by atoms with Crippen LogP contribution in [0.1, 0.15) is 57.8 Å². The van der Waals surface area contributed by atoms with Crippen molar-refractivity contribution in [3.05, 3.63) is 0 Å². The van der Waals surface area contributed by atoms with Gasteiger partial charge in [-0.05, 0) is 36.5 Å². The van der Waals surface area contributed by atoms with Crippen LogP contribution in [0, 0.1) is 23.7 Å². The smallest absolute Gasteiger partial charge is 0.0380 e. The molecule has 74 valence electrons. The van der Waals surface area contributed by atoms with E-state index in [0.29, 0.717) is 0 Å². The molecule has 0 radical (unpaired) electrons. The van der Waals surface area contributed by atoms with Gasteiger partial charge in [0.1, 0.15) is 0 Å². The van der Waals surface area contributed by atoms with Gasteiger partial charge in [-0.1, -0.05) is 44.9 Å². The molecule has 0 unspecified atom stereocenters. The van der Waals surface area contributed by atoms with E-state index in [1.165, 1.54) is 37.0 Å². The monoisotopic (exact) mass is 178 g/mol. The lowest BCUT2D eigenvalue weighted by atomic mass is 9.59. The van der Waals surface area contributed by atoms with Crippen LogP contribution < -0.4 is 0 Å². The van der Waals surface area contributed by atoms with Gasteiger partial charge >= 0.3 is 0 Å². The Kier molecular flexibility index (Phi) is 2.11. The van der Waals surface area contributed by atoms with Gasteiger partial charge in [0, 0.05) is 0 Å². The molecule has 0 bridgehead atoms. The van der Waals surface area contributed by atoms with Gasteiger partial charge in [0.25, 0.3) is 0 Å². The van der Waals surface area contributed by atoms with Gasteiger partial charge in [0.05, 0.1) is 0 Å². The molecule has 3 fully saturated rings. The predicted octanol–water partition coefficient (Wildman–Crippen LogP) is 4.00. The van der Waals surface area contributed by atoms with E-state index in [4.69, 9.17) is 0 Å². The van der Waals surface area contributed by atoms with E-state index >= 15 is 0 Å². The van der Waals surface area contributed by atoms with Gasteiger partial charge in [-0.3, -0.25) is 0 Å². The highest BCUT2D eigenvalue weighted by Gasteiger charge is 2.41. The maximum atomic E-state index is 1.62. The van der Waals surface area contributed by atoms with Crippen LogP contribution in [0.25, 0.3) is 0 Å². The van der Waals surface area contributed by atoms with Crippen molar-refractivity contribution in [3.63, 3.8) is 0 Å². The maximum absolute atomic E-state index is 1.62. The van der Waals surface area contributed by atoms with Crippen LogP contribution in [0.4, 0.5) is 0 Å². The molecule has 0 heterocycles. The SMILES string of the molecule is C1CCC(C2CC(C3CCC3)C2)C1. The molecule has 0 N–H and O–H groups in total. The molecule has 0 aromatic carbocycles. The fourth-order valence-electron chi connectivity index (χ4n) is 3.82. The molecular weight excluding hydrogens is 156 g/mol. The van der Waals surface area contributed by atoms with Gasteiger partial charge < -0.3 is 0 Å². The lowest BCUT2D eigenvalue weighted by Crippen LogP contribution is -2.36. The summed E-state index contributed by atoms with van der Waals surface area (Å²) in [4.78, 5) is 0. The summed E-state index contributed by atoms with van der Waals surface area (Å²) >= 11 is 0. The molecule has 0 heteroatoms. The molecule has 0 amide bonds. The molecule has 0 spiro atoms.